The van der Waals surface area contributed by atoms with Crippen LogP contribution >= 0.6 is 34.8 Å². The predicted molar refractivity (Wildman–Crippen MR) is 133 cm³/mol. The minimum Gasteiger partial charge on any atom is -0.484 e. The van der Waals surface area contributed by atoms with Crippen LogP contribution in [0.2, 0.25) is 15.1 Å². The zero-order valence-corrected chi connectivity index (χ0v) is 20.9. The number of ether oxygens (including phenoxy) is 1. The van der Waals surface area contributed by atoms with E-state index in [1.54, 1.807) is 47.4 Å². The Balaban J connectivity index is 1.77. The third-order valence-corrected chi connectivity index (χ3v) is 6.71. The predicted octanol–water partition coefficient (Wildman–Crippen LogP) is 6.28. The Labute approximate surface area is 210 Å². The molecule has 2 aromatic rings. The standard InChI is InChI=1S/C25H29Cl3N2O3/c1-2-23(25(32)29-20-6-4-3-5-7-20)30(15-17-8-9-19(27)14-22(17)28)24(31)16-33-21-12-10-18(26)11-13-21/h8-14,20,23H,2-7,15-16H2,1H3,(H,29,32)/t23-/m1/s1. The van der Waals surface area contributed by atoms with E-state index in [4.69, 9.17) is 39.5 Å². The molecule has 1 saturated carbocycles. The lowest BCUT2D eigenvalue weighted by Crippen LogP contribution is -2.52. The molecule has 33 heavy (non-hydrogen) atoms. The normalized spacial score (nSPS) is 15.0. The third-order valence-electron chi connectivity index (χ3n) is 5.87. The summed E-state index contributed by atoms with van der Waals surface area (Å²) in [6.07, 6.45) is 5.83. The monoisotopic (exact) mass is 510 g/mol. The largest absolute Gasteiger partial charge is 0.484 e. The molecule has 3 rings (SSSR count). The second kappa shape index (κ2) is 12.5. The average molecular weight is 512 g/mol. The van der Waals surface area contributed by atoms with Crippen molar-refractivity contribution in [2.24, 2.45) is 0 Å². The van der Waals surface area contributed by atoms with Gasteiger partial charge in [-0.3, -0.25) is 9.59 Å². The van der Waals surface area contributed by atoms with Gasteiger partial charge in [0.2, 0.25) is 5.91 Å². The van der Waals surface area contributed by atoms with Crippen LogP contribution in [0.1, 0.15) is 51.0 Å². The molecule has 0 spiro atoms. The molecule has 0 heterocycles. The first-order valence-electron chi connectivity index (χ1n) is 11.3. The van der Waals surface area contributed by atoms with Crippen molar-refractivity contribution in [3.63, 3.8) is 0 Å². The van der Waals surface area contributed by atoms with Gasteiger partial charge in [0, 0.05) is 27.7 Å². The van der Waals surface area contributed by atoms with Crippen molar-refractivity contribution < 1.29 is 14.3 Å². The summed E-state index contributed by atoms with van der Waals surface area (Å²) in [7, 11) is 0. The maximum Gasteiger partial charge on any atom is 0.261 e. The van der Waals surface area contributed by atoms with Gasteiger partial charge in [-0.05, 0) is 61.2 Å². The van der Waals surface area contributed by atoms with E-state index < -0.39 is 6.04 Å². The van der Waals surface area contributed by atoms with Crippen molar-refractivity contribution >= 4 is 46.6 Å². The van der Waals surface area contributed by atoms with Gasteiger partial charge in [0.05, 0.1) is 0 Å². The number of benzene rings is 2. The molecule has 0 aliphatic heterocycles. The summed E-state index contributed by atoms with van der Waals surface area (Å²) in [5.41, 5.74) is 0.713. The van der Waals surface area contributed by atoms with E-state index in [1.165, 1.54) is 6.42 Å². The summed E-state index contributed by atoms with van der Waals surface area (Å²) in [5.74, 6) is 0.0767. The van der Waals surface area contributed by atoms with E-state index in [-0.39, 0.29) is 31.0 Å². The van der Waals surface area contributed by atoms with Crippen LogP contribution in [0.5, 0.6) is 5.75 Å². The van der Waals surface area contributed by atoms with Gasteiger partial charge in [0.25, 0.3) is 5.91 Å². The fourth-order valence-corrected chi connectivity index (χ4v) is 4.65. The highest BCUT2D eigenvalue weighted by molar-refractivity contribution is 6.35. The molecule has 1 aliphatic carbocycles. The maximum atomic E-state index is 13.3. The van der Waals surface area contributed by atoms with Crippen molar-refractivity contribution in [3.05, 3.63) is 63.1 Å². The lowest BCUT2D eigenvalue weighted by atomic mass is 9.95. The van der Waals surface area contributed by atoms with Gasteiger partial charge in [0.15, 0.2) is 6.61 Å². The maximum absolute atomic E-state index is 13.3. The summed E-state index contributed by atoms with van der Waals surface area (Å²) in [6, 6.07) is 11.4. The number of hydrogen-bond donors (Lipinski definition) is 1. The van der Waals surface area contributed by atoms with Gasteiger partial charge >= 0.3 is 0 Å². The molecule has 1 N–H and O–H groups in total. The summed E-state index contributed by atoms with van der Waals surface area (Å²) in [4.78, 5) is 28.0. The lowest BCUT2D eigenvalue weighted by Gasteiger charge is -2.33. The lowest BCUT2D eigenvalue weighted by molar-refractivity contribution is -0.143. The molecule has 0 unspecified atom stereocenters. The van der Waals surface area contributed by atoms with Gasteiger partial charge in [-0.15, -0.1) is 0 Å². The first kappa shape index (κ1) is 25.7. The Kier molecular flexibility index (Phi) is 9.72. The fourth-order valence-electron chi connectivity index (χ4n) is 4.06. The first-order chi connectivity index (χ1) is 15.9. The summed E-state index contributed by atoms with van der Waals surface area (Å²) in [6.45, 7) is 1.87. The van der Waals surface area contributed by atoms with E-state index in [0.717, 1.165) is 25.7 Å². The molecule has 1 aliphatic rings. The van der Waals surface area contributed by atoms with E-state index in [2.05, 4.69) is 5.32 Å². The van der Waals surface area contributed by atoms with Crippen LogP contribution in [-0.2, 0) is 16.1 Å². The average Bonchev–Trinajstić information content (AvgIpc) is 2.80. The van der Waals surface area contributed by atoms with Crippen molar-refractivity contribution in [1.82, 2.24) is 10.2 Å². The van der Waals surface area contributed by atoms with Gasteiger partial charge in [-0.1, -0.05) is 67.1 Å². The Bertz CT molecular complexity index is 946. The highest BCUT2D eigenvalue weighted by Gasteiger charge is 2.31. The summed E-state index contributed by atoms with van der Waals surface area (Å²) in [5, 5.41) is 4.69. The van der Waals surface area contributed by atoms with Gasteiger partial charge in [-0.2, -0.15) is 0 Å². The number of nitrogens with zero attached hydrogens (tertiary/aromatic N) is 1. The molecule has 0 bridgehead atoms. The Morgan fingerprint density at radius 3 is 2.33 bits per heavy atom. The first-order valence-corrected chi connectivity index (χ1v) is 12.4. The second-order valence-electron chi connectivity index (χ2n) is 8.27. The number of carbonyl (C=O) groups excluding carboxylic acids is 2. The number of rotatable bonds is 9. The van der Waals surface area contributed by atoms with E-state index in [0.29, 0.717) is 32.8 Å². The minimum atomic E-state index is -0.639. The van der Waals surface area contributed by atoms with Crippen LogP contribution in [0.25, 0.3) is 0 Å². The molecule has 1 fully saturated rings. The Morgan fingerprint density at radius 2 is 1.70 bits per heavy atom. The van der Waals surface area contributed by atoms with Crippen LogP contribution in [0.15, 0.2) is 42.5 Å². The highest BCUT2D eigenvalue weighted by atomic mass is 35.5. The summed E-state index contributed by atoms with van der Waals surface area (Å²) < 4.78 is 5.68. The number of halogens is 3. The molecule has 2 amide bonds. The molecule has 0 radical (unpaired) electrons. The minimum absolute atomic E-state index is 0.144. The van der Waals surface area contributed by atoms with Gasteiger partial charge in [-0.25, -0.2) is 0 Å². The number of amides is 2. The Hall–Kier alpha value is -1.95. The van der Waals surface area contributed by atoms with Gasteiger partial charge < -0.3 is 15.0 Å². The van der Waals surface area contributed by atoms with Crippen LogP contribution in [-0.4, -0.2) is 35.4 Å². The number of nitrogens with one attached hydrogen (secondary N) is 1. The zero-order valence-electron chi connectivity index (χ0n) is 18.7. The van der Waals surface area contributed by atoms with Crippen molar-refractivity contribution in [3.8, 4) is 5.75 Å². The molecule has 2 aromatic carbocycles. The topological polar surface area (TPSA) is 58.6 Å². The second-order valence-corrected chi connectivity index (χ2v) is 9.55. The van der Waals surface area contributed by atoms with Crippen LogP contribution in [0.3, 0.4) is 0 Å². The van der Waals surface area contributed by atoms with E-state index in [1.807, 2.05) is 6.92 Å². The van der Waals surface area contributed by atoms with E-state index >= 15 is 0 Å². The van der Waals surface area contributed by atoms with Crippen LogP contribution < -0.4 is 10.1 Å². The molecule has 0 aromatic heterocycles. The third kappa shape index (κ3) is 7.53. The van der Waals surface area contributed by atoms with Crippen LogP contribution in [0, 0.1) is 0 Å². The van der Waals surface area contributed by atoms with Crippen molar-refractivity contribution in [1.29, 1.82) is 0 Å². The fraction of sp³-hybridized carbons (Fsp3) is 0.440. The quantitative estimate of drug-likeness (QED) is 0.431. The molecule has 178 valence electrons. The molecular formula is C25H29Cl3N2O3. The molecule has 8 heteroatoms. The number of hydrogen-bond acceptors (Lipinski definition) is 3. The van der Waals surface area contributed by atoms with Gasteiger partial charge in [0.1, 0.15) is 11.8 Å². The summed E-state index contributed by atoms with van der Waals surface area (Å²) >= 11 is 18.3. The SMILES string of the molecule is CC[C@H](C(=O)NC1CCCCC1)N(Cc1ccc(Cl)cc1Cl)C(=O)COc1ccc(Cl)cc1. The molecule has 5 nitrogen and oxygen atoms in total. The zero-order chi connectivity index (χ0) is 23.8. The molecular weight excluding hydrogens is 483 g/mol. The Morgan fingerprint density at radius 1 is 1.03 bits per heavy atom. The molecule has 0 saturated heterocycles. The number of carbonyl (C=O) groups is 2. The van der Waals surface area contributed by atoms with Crippen molar-refractivity contribution in [2.75, 3.05) is 6.61 Å². The van der Waals surface area contributed by atoms with Crippen LogP contribution in [0.4, 0.5) is 0 Å². The smallest absolute Gasteiger partial charge is 0.261 e. The van der Waals surface area contributed by atoms with Crippen molar-refractivity contribution in [2.45, 2.75) is 64.1 Å². The highest BCUT2D eigenvalue weighted by Crippen LogP contribution is 2.25. The van der Waals surface area contributed by atoms with E-state index in [9.17, 15) is 9.59 Å². The molecule has 1 atom stereocenters.